The summed E-state index contributed by atoms with van der Waals surface area (Å²) in [6, 6.07) is 6.84. The van der Waals surface area contributed by atoms with Crippen LogP contribution in [0.15, 0.2) is 24.3 Å². The number of amides is 2. The van der Waals surface area contributed by atoms with Crippen molar-refractivity contribution >= 4 is 11.7 Å². The van der Waals surface area contributed by atoms with Crippen LogP contribution in [0.3, 0.4) is 0 Å². The van der Waals surface area contributed by atoms with Crippen LogP contribution in [0.2, 0.25) is 0 Å². The van der Waals surface area contributed by atoms with E-state index in [0.29, 0.717) is 24.5 Å². The van der Waals surface area contributed by atoms with Crippen molar-refractivity contribution in [3.05, 3.63) is 24.3 Å². The van der Waals surface area contributed by atoms with Gasteiger partial charge >= 0.3 is 6.03 Å². The number of ether oxygens (including phenoxy) is 1. The smallest absolute Gasteiger partial charge is 0.319 e. The number of hydrogen-bond acceptors (Lipinski definition) is 4. The van der Waals surface area contributed by atoms with Gasteiger partial charge < -0.3 is 25.8 Å². The Morgan fingerprint density at radius 2 is 1.91 bits per heavy atom. The standard InChI is InChI=1S/C17H29N3O3/c1-5-10-18-16(22)20-13-6-8-15(9-7-13)23-12-14(21)11-19-17(2,3)4/h6-9,14,19,21H,5,10-12H2,1-4H3,(H2,18,20,22)/t14-/m1/s1. The lowest BCUT2D eigenvalue weighted by Crippen LogP contribution is -2.42. The first-order valence-electron chi connectivity index (χ1n) is 8.01. The molecular formula is C17H29N3O3. The fourth-order valence-corrected chi connectivity index (χ4v) is 1.72. The van der Waals surface area contributed by atoms with E-state index in [9.17, 15) is 9.90 Å². The predicted molar refractivity (Wildman–Crippen MR) is 93.0 cm³/mol. The summed E-state index contributed by atoms with van der Waals surface area (Å²) in [7, 11) is 0. The molecule has 0 radical (unpaired) electrons. The molecule has 0 saturated heterocycles. The number of carbonyl (C=O) groups is 1. The highest BCUT2D eigenvalue weighted by Crippen LogP contribution is 2.15. The molecule has 2 amide bonds. The first-order chi connectivity index (χ1) is 10.8. The van der Waals surface area contributed by atoms with Crippen molar-refractivity contribution in [2.45, 2.75) is 45.8 Å². The SMILES string of the molecule is CCCNC(=O)Nc1ccc(OC[C@H](O)CNC(C)(C)C)cc1. The Morgan fingerprint density at radius 1 is 1.26 bits per heavy atom. The fraction of sp³-hybridized carbons (Fsp3) is 0.588. The molecule has 0 saturated carbocycles. The topological polar surface area (TPSA) is 82.6 Å². The Hall–Kier alpha value is -1.79. The molecule has 0 aliphatic heterocycles. The maximum absolute atomic E-state index is 11.5. The zero-order chi connectivity index (χ0) is 17.3. The molecule has 0 unspecified atom stereocenters. The van der Waals surface area contributed by atoms with Gasteiger partial charge in [0.05, 0.1) is 0 Å². The second-order valence-electron chi connectivity index (χ2n) is 6.50. The van der Waals surface area contributed by atoms with Gasteiger partial charge in [-0.2, -0.15) is 0 Å². The van der Waals surface area contributed by atoms with E-state index in [0.717, 1.165) is 6.42 Å². The van der Waals surface area contributed by atoms with Crippen LogP contribution < -0.4 is 20.7 Å². The third-order valence-electron chi connectivity index (χ3n) is 2.96. The summed E-state index contributed by atoms with van der Waals surface area (Å²) in [6.07, 6.45) is 0.318. The number of aliphatic hydroxyl groups is 1. The Morgan fingerprint density at radius 3 is 2.48 bits per heavy atom. The summed E-state index contributed by atoms with van der Waals surface area (Å²) in [5.41, 5.74) is 0.660. The molecule has 0 bridgehead atoms. The van der Waals surface area contributed by atoms with Gasteiger partial charge in [-0.3, -0.25) is 0 Å². The van der Waals surface area contributed by atoms with Crippen molar-refractivity contribution in [1.29, 1.82) is 0 Å². The highest BCUT2D eigenvalue weighted by molar-refractivity contribution is 5.89. The lowest BCUT2D eigenvalue weighted by Gasteiger charge is -2.23. The second kappa shape index (κ2) is 9.37. The fourth-order valence-electron chi connectivity index (χ4n) is 1.72. The molecule has 0 aliphatic carbocycles. The normalized spacial score (nSPS) is 12.6. The van der Waals surface area contributed by atoms with Gasteiger partial charge in [0.2, 0.25) is 0 Å². The van der Waals surface area contributed by atoms with Crippen LogP contribution in [-0.4, -0.2) is 42.5 Å². The summed E-state index contributed by atoms with van der Waals surface area (Å²) in [5, 5.41) is 18.6. The minimum atomic E-state index is -0.577. The Labute approximate surface area is 138 Å². The van der Waals surface area contributed by atoms with Crippen molar-refractivity contribution in [3.63, 3.8) is 0 Å². The zero-order valence-corrected chi connectivity index (χ0v) is 14.5. The highest BCUT2D eigenvalue weighted by Gasteiger charge is 2.12. The van der Waals surface area contributed by atoms with Gasteiger partial charge in [0, 0.05) is 24.3 Å². The Bertz CT molecular complexity index is 469. The zero-order valence-electron chi connectivity index (χ0n) is 14.5. The van der Waals surface area contributed by atoms with Gasteiger partial charge in [-0.1, -0.05) is 6.92 Å². The van der Waals surface area contributed by atoms with Crippen LogP contribution in [0, 0.1) is 0 Å². The van der Waals surface area contributed by atoms with E-state index in [1.54, 1.807) is 24.3 Å². The molecule has 6 heteroatoms. The van der Waals surface area contributed by atoms with Crippen LogP contribution in [0.5, 0.6) is 5.75 Å². The molecule has 4 N–H and O–H groups in total. The van der Waals surface area contributed by atoms with E-state index in [4.69, 9.17) is 4.74 Å². The van der Waals surface area contributed by atoms with Gasteiger partial charge in [0.1, 0.15) is 18.5 Å². The van der Waals surface area contributed by atoms with Crippen LogP contribution in [0.25, 0.3) is 0 Å². The van der Waals surface area contributed by atoms with Gasteiger partial charge in [-0.15, -0.1) is 0 Å². The van der Waals surface area contributed by atoms with Crippen LogP contribution >= 0.6 is 0 Å². The third kappa shape index (κ3) is 9.05. The lowest BCUT2D eigenvalue weighted by atomic mass is 10.1. The van der Waals surface area contributed by atoms with Crippen LogP contribution in [-0.2, 0) is 0 Å². The van der Waals surface area contributed by atoms with Crippen molar-refractivity contribution < 1.29 is 14.6 Å². The number of carbonyl (C=O) groups excluding carboxylic acids is 1. The number of urea groups is 1. The van der Waals surface area contributed by atoms with Gasteiger partial charge in [0.25, 0.3) is 0 Å². The summed E-state index contributed by atoms with van der Waals surface area (Å²) >= 11 is 0. The van der Waals surface area contributed by atoms with Crippen molar-refractivity contribution in [3.8, 4) is 5.75 Å². The number of aliphatic hydroxyl groups excluding tert-OH is 1. The molecule has 0 spiro atoms. The van der Waals surface area contributed by atoms with E-state index >= 15 is 0 Å². The second-order valence-corrected chi connectivity index (χ2v) is 6.50. The third-order valence-corrected chi connectivity index (χ3v) is 2.96. The first kappa shape index (κ1) is 19.3. The van der Waals surface area contributed by atoms with Crippen molar-refractivity contribution in [1.82, 2.24) is 10.6 Å². The van der Waals surface area contributed by atoms with E-state index < -0.39 is 6.10 Å². The van der Waals surface area contributed by atoms with E-state index in [2.05, 4.69) is 16.0 Å². The maximum Gasteiger partial charge on any atom is 0.319 e. The summed E-state index contributed by atoms with van der Waals surface area (Å²) in [4.78, 5) is 11.5. The molecule has 0 aromatic heterocycles. The van der Waals surface area contributed by atoms with Crippen molar-refractivity contribution in [2.24, 2.45) is 0 Å². The van der Waals surface area contributed by atoms with E-state index in [-0.39, 0.29) is 18.2 Å². The number of β-amino-alcohol motifs (C(OH)–C–C–N with tert-alkyl or cyclic N) is 1. The number of nitrogens with one attached hydrogen (secondary N) is 3. The minimum Gasteiger partial charge on any atom is -0.491 e. The monoisotopic (exact) mass is 323 g/mol. The predicted octanol–water partition coefficient (Wildman–Crippen LogP) is 2.35. The van der Waals surface area contributed by atoms with Crippen LogP contribution in [0.4, 0.5) is 10.5 Å². The molecular weight excluding hydrogens is 294 g/mol. The van der Waals surface area contributed by atoms with E-state index in [1.807, 2.05) is 27.7 Å². The molecule has 0 aliphatic rings. The summed E-state index contributed by atoms with van der Waals surface area (Å²) in [6.45, 7) is 9.47. The Balaban J connectivity index is 2.35. The van der Waals surface area contributed by atoms with Gasteiger partial charge in [-0.25, -0.2) is 4.79 Å². The quantitative estimate of drug-likeness (QED) is 0.592. The molecule has 0 fully saturated rings. The highest BCUT2D eigenvalue weighted by atomic mass is 16.5. The minimum absolute atomic E-state index is 0.0351. The Kier molecular flexibility index (Phi) is 7.85. The van der Waals surface area contributed by atoms with Crippen molar-refractivity contribution in [2.75, 3.05) is 25.0 Å². The van der Waals surface area contributed by atoms with E-state index in [1.165, 1.54) is 0 Å². The number of rotatable bonds is 8. The molecule has 23 heavy (non-hydrogen) atoms. The molecule has 6 nitrogen and oxygen atoms in total. The number of hydrogen-bond donors (Lipinski definition) is 4. The molecule has 1 aromatic rings. The molecule has 1 rings (SSSR count). The molecule has 1 atom stereocenters. The lowest BCUT2D eigenvalue weighted by molar-refractivity contribution is 0.100. The number of benzene rings is 1. The average Bonchev–Trinajstić information content (AvgIpc) is 2.49. The summed E-state index contributed by atoms with van der Waals surface area (Å²) < 4.78 is 5.54. The summed E-state index contributed by atoms with van der Waals surface area (Å²) in [5.74, 6) is 0.652. The molecule has 1 aromatic carbocycles. The van der Waals surface area contributed by atoms with Gasteiger partial charge in [0.15, 0.2) is 0 Å². The van der Waals surface area contributed by atoms with Crippen LogP contribution in [0.1, 0.15) is 34.1 Å². The molecule has 0 heterocycles. The van der Waals surface area contributed by atoms with Gasteiger partial charge in [-0.05, 0) is 51.5 Å². The largest absolute Gasteiger partial charge is 0.491 e. The maximum atomic E-state index is 11.5. The molecule has 130 valence electrons. The number of anilines is 1. The first-order valence-corrected chi connectivity index (χ1v) is 8.01. The average molecular weight is 323 g/mol.